The predicted octanol–water partition coefficient (Wildman–Crippen LogP) is 4.31. The van der Waals surface area contributed by atoms with E-state index >= 15 is 0 Å². The third-order valence-electron chi connectivity index (χ3n) is 3.27. The summed E-state index contributed by atoms with van der Waals surface area (Å²) in [4.78, 5) is 22.2. The Morgan fingerprint density at radius 3 is 2.54 bits per heavy atom. The monoisotopic (exact) mass is 393 g/mol. The van der Waals surface area contributed by atoms with Crippen molar-refractivity contribution in [2.75, 3.05) is 0 Å². The van der Waals surface area contributed by atoms with E-state index in [-0.39, 0.29) is 34.7 Å². The number of benzene rings is 2. The van der Waals surface area contributed by atoms with Crippen LogP contribution in [0.2, 0.25) is 10.0 Å². The van der Waals surface area contributed by atoms with Gasteiger partial charge >= 0.3 is 5.97 Å². The van der Waals surface area contributed by atoms with Crippen molar-refractivity contribution in [1.29, 1.82) is 0 Å². The maximum absolute atomic E-state index is 12.0. The van der Waals surface area contributed by atoms with Crippen molar-refractivity contribution in [2.24, 2.45) is 0 Å². The van der Waals surface area contributed by atoms with Crippen LogP contribution < -0.4 is 0 Å². The number of rotatable bonds is 5. The number of hydrogen-bond acceptors (Lipinski definition) is 7. The minimum absolute atomic E-state index is 0.0535. The first kappa shape index (κ1) is 17.8. The van der Waals surface area contributed by atoms with Crippen LogP contribution in [0.1, 0.15) is 16.2 Å². The third-order valence-corrected chi connectivity index (χ3v) is 3.82. The first-order valence-corrected chi connectivity index (χ1v) is 7.89. The Morgan fingerprint density at radius 1 is 1.15 bits per heavy atom. The standard InChI is InChI=1S/C16H9Cl2N3O5/c17-10-3-6-12(13(18)7-10)16(22)25-8-14-19-20-15(26-14)9-1-4-11(5-2-9)21(23)24/h1-7H,8H2. The van der Waals surface area contributed by atoms with E-state index < -0.39 is 10.9 Å². The van der Waals surface area contributed by atoms with Crippen LogP contribution >= 0.6 is 23.2 Å². The first-order valence-electron chi connectivity index (χ1n) is 7.13. The highest BCUT2D eigenvalue weighted by atomic mass is 35.5. The first-order chi connectivity index (χ1) is 12.4. The number of nitro groups is 1. The topological polar surface area (TPSA) is 108 Å². The van der Waals surface area contributed by atoms with Crippen LogP contribution in [-0.4, -0.2) is 21.1 Å². The van der Waals surface area contributed by atoms with Crippen molar-refractivity contribution in [3.63, 3.8) is 0 Å². The Hall–Kier alpha value is -2.97. The molecule has 0 radical (unpaired) electrons. The van der Waals surface area contributed by atoms with Gasteiger partial charge in [-0.05, 0) is 30.3 Å². The number of esters is 1. The summed E-state index contributed by atoms with van der Waals surface area (Å²) >= 11 is 11.7. The van der Waals surface area contributed by atoms with E-state index in [0.717, 1.165) is 0 Å². The average molecular weight is 394 g/mol. The number of carbonyl (C=O) groups is 1. The van der Waals surface area contributed by atoms with Gasteiger partial charge in [-0.2, -0.15) is 0 Å². The summed E-state index contributed by atoms with van der Waals surface area (Å²) in [5.41, 5.74) is 0.606. The fraction of sp³-hybridized carbons (Fsp3) is 0.0625. The van der Waals surface area contributed by atoms with Crippen LogP contribution in [0, 0.1) is 10.1 Å². The molecule has 0 aliphatic heterocycles. The highest BCUT2D eigenvalue weighted by Crippen LogP contribution is 2.23. The van der Waals surface area contributed by atoms with E-state index in [0.29, 0.717) is 10.6 Å². The second-order valence-corrected chi connectivity index (χ2v) is 5.85. The zero-order valence-electron chi connectivity index (χ0n) is 12.9. The lowest BCUT2D eigenvalue weighted by Crippen LogP contribution is -2.06. The average Bonchev–Trinajstić information content (AvgIpc) is 3.09. The Morgan fingerprint density at radius 2 is 1.88 bits per heavy atom. The molecule has 2 aromatic carbocycles. The van der Waals surface area contributed by atoms with Gasteiger partial charge in [0, 0.05) is 22.7 Å². The summed E-state index contributed by atoms with van der Waals surface area (Å²) in [7, 11) is 0. The molecule has 3 rings (SSSR count). The molecular weight excluding hydrogens is 385 g/mol. The van der Waals surface area contributed by atoms with Gasteiger partial charge < -0.3 is 9.15 Å². The number of non-ortho nitro benzene ring substituents is 1. The largest absolute Gasteiger partial charge is 0.452 e. The molecule has 0 aliphatic rings. The van der Waals surface area contributed by atoms with Crippen molar-refractivity contribution >= 4 is 34.9 Å². The molecule has 0 spiro atoms. The SMILES string of the molecule is O=C(OCc1nnc(-c2ccc([N+](=O)[O-])cc2)o1)c1ccc(Cl)cc1Cl. The molecule has 0 saturated carbocycles. The number of hydrogen-bond donors (Lipinski definition) is 0. The highest BCUT2D eigenvalue weighted by Gasteiger charge is 2.15. The van der Waals surface area contributed by atoms with Crippen LogP contribution in [0.5, 0.6) is 0 Å². The number of halogens is 2. The van der Waals surface area contributed by atoms with Crippen molar-refractivity contribution in [3.05, 3.63) is 74.1 Å². The fourth-order valence-corrected chi connectivity index (χ4v) is 2.50. The van der Waals surface area contributed by atoms with E-state index in [2.05, 4.69) is 10.2 Å². The van der Waals surface area contributed by atoms with Crippen molar-refractivity contribution in [3.8, 4) is 11.5 Å². The van der Waals surface area contributed by atoms with Crippen LogP contribution in [0.3, 0.4) is 0 Å². The van der Waals surface area contributed by atoms with Gasteiger partial charge in [-0.15, -0.1) is 10.2 Å². The van der Waals surface area contributed by atoms with Gasteiger partial charge in [0.25, 0.3) is 11.6 Å². The van der Waals surface area contributed by atoms with Gasteiger partial charge in [-0.1, -0.05) is 23.2 Å². The second kappa shape index (κ2) is 7.51. The maximum atomic E-state index is 12.0. The summed E-state index contributed by atoms with van der Waals surface area (Å²) in [6.07, 6.45) is 0. The van der Waals surface area contributed by atoms with E-state index in [9.17, 15) is 14.9 Å². The van der Waals surface area contributed by atoms with E-state index in [1.54, 1.807) is 0 Å². The van der Waals surface area contributed by atoms with Gasteiger partial charge in [0.2, 0.25) is 5.89 Å². The number of nitro benzene ring substituents is 1. The van der Waals surface area contributed by atoms with Gasteiger partial charge in [-0.25, -0.2) is 4.79 Å². The fourth-order valence-electron chi connectivity index (χ4n) is 2.01. The Bertz CT molecular complexity index is 972. The molecule has 1 heterocycles. The van der Waals surface area contributed by atoms with E-state index in [1.165, 1.54) is 42.5 Å². The minimum atomic E-state index is -0.665. The lowest BCUT2D eigenvalue weighted by Gasteiger charge is -2.04. The number of aromatic nitrogens is 2. The summed E-state index contributed by atoms with van der Waals surface area (Å²) < 4.78 is 10.5. The quantitative estimate of drug-likeness (QED) is 0.360. The van der Waals surface area contributed by atoms with Crippen LogP contribution in [-0.2, 0) is 11.3 Å². The molecule has 10 heteroatoms. The zero-order valence-corrected chi connectivity index (χ0v) is 14.4. The maximum Gasteiger partial charge on any atom is 0.340 e. The van der Waals surface area contributed by atoms with Crippen LogP contribution in [0.15, 0.2) is 46.9 Å². The Balaban J connectivity index is 1.66. The molecule has 0 bridgehead atoms. The summed E-state index contributed by atoms with van der Waals surface area (Å²) in [5.74, 6) is -0.450. The molecule has 0 fully saturated rings. The second-order valence-electron chi connectivity index (χ2n) is 5.01. The van der Waals surface area contributed by atoms with Crippen molar-refractivity contribution < 1.29 is 18.9 Å². The minimum Gasteiger partial charge on any atom is -0.452 e. The lowest BCUT2D eigenvalue weighted by molar-refractivity contribution is -0.384. The van der Waals surface area contributed by atoms with E-state index in [1.807, 2.05) is 0 Å². The molecule has 0 aliphatic carbocycles. The third kappa shape index (κ3) is 3.98. The molecule has 8 nitrogen and oxygen atoms in total. The van der Waals surface area contributed by atoms with Crippen LogP contribution in [0.4, 0.5) is 5.69 Å². The summed E-state index contributed by atoms with van der Waals surface area (Å²) in [6, 6.07) is 10.00. The lowest BCUT2D eigenvalue weighted by atomic mass is 10.2. The molecule has 132 valence electrons. The summed E-state index contributed by atoms with van der Waals surface area (Å²) in [5, 5.41) is 18.8. The number of nitrogens with zero attached hydrogens (tertiary/aromatic N) is 3. The Kier molecular flexibility index (Phi) is 5.15. The van der Waals surface area contributed by atoms with Gasteiger partial charge in [-0.3, -0.25) is 10.1 Å². The van der Waals surface area contributed by atoms with Gasteiger partial charge in [0.1, 0.15) is 0 Å². The molecule has 0 saturated heterocycles. The molecule has 0 atom stereocenters. The van der Waals surface area contributed by atoms with Gasteiger partial charge in [0.05, 0.1) is 15.5 Å². The molecule has 0 amide bonds. The molecule has 0 unspecified atom stereocenters. The molecule has 26 heavy (non-hydrogen) atoms. The molecule has 3 aromatic rings. The smallest absolute Gasteiger partial charge is 0.340 e. The van der Waals surface area contributed by atoms with E-state index in [4.69, 9.17) is 32.4 Å². The van der Waals surface area contributed by atoms with Crippen molar-refractivity contribution in [2.45, 2.75) is 6.61 Å². The zero-order chi connectivity index (χ0) is 18.7. The normalized spacial score (nSPS) is 10.5. The molecular formula is C16H9Cl2N3O5. The van der Waals surface area contributed by atoms with Crippen LogP contribution in [0.25, 0.3) is 11.5 Å². The number of ether oxygens (including phenoxy) is 1. The summed E-state index contributed by atoms with van der Waals surface area (Å²) in [6.45, 7) is -0.252. The Labute approximate surface area is 156 Å². The number of carbonyl (C=O) groups excluding carboxylic acids is 1. The predicted molar refractivity (Wildman–Crippen MR) is 92.0 cm³/mol. The molecule has 0 N–H and O–H groups in total. The highest BCUT2D eigenvalue weighted by molar-refractivity contribution is 6.36. The van der Waals surface area contributed by atoms with Crippen molar-refractivity contribution in [1.82, 2.24) is 10.2 Å². The van der Waals surface area contributed by atoms with Gasteiger partial charge in [0.15, 0.2) is 6.61 Å². The molecule has 1 aromatic heterocycles.